The van der Waals surface area contributed by atoms with Crippen molar-refractivity contribution in [2.75, 3.05) is 12.4 Å². The molecule has 0 heterocycles. The third-order valence-electron chi connectivity index (χ3n) is 2.85. The second kappa shape index (κ2) is 4.74. The van der Waals surface area contributed by atoms with E-state index in [4.69, 9.17) is 16.3 Å². The number of carbonyl (C=O) groups excluding carboxylic acids is 1. The van der Waals surface area contributed by atoms with Crippen LogP contribution < -0.4 is 5.32 Å². The molecule has 1 fully saturated rings. The molecular formula is C12H14ClNO2. The molecule has 0 radical (unpaired) electrons. The maximum atomic E-state index is 11.5. The molecule has 0 atom stereocenters. The fraction of sp³-hybridized carbons (Fsp3) is 0.417. The van der Waals surface area contributed by atoms with E-state index >= 15 is 0 Å². The molecule has 4 heteroatoms. The lowest BCUT2D eigenvalue weighted by atomic mass is 9.92. The molecule has 2 rings (SSSR count). The first-order valence-corrected chi connectivity index (χ1v) is 5.73. The molecular weight excluding hydrogens is 226 g/mol. The third kappa shape index (κ3) is 2.30. The molecule has 3 nitrogen and oxygen atoms in total. The van der Waals surface area contributed by atoms with Gasteiger partial charge in [0.25, 0.3) is 0 Å². The first kappa shape index (κ1) is 11.3. The van der Waals surface area contributed by atoms with Crippen LogP contribution in [0.5, 0.6) is 0 Å². The Balaban J connectivity index is 2.24. The molecule has 1 aromatic carbocycles. The molecule has 0 aromatic heterocycles. The van der Waals surface area contributed by atoms with Gasteiger partial charge in [0, 0.05) is 11.1 Å². The number of esters is 1. The van der Waals surface area contributed by atoms with Crippen LogP contribution in [0.3, 0.4) is 0 Å². The smallest absolute Gasteiger partial charge is 0.339 e. The van der Waals surface area contributed by atoms with E-state index in [9.17, 15) is 4.79 Å². The van der Waals surface area contributed by atoms with Crippen LogP contribution in [0.4, 0.5) is 5.69 Å². The van der Waals surface area contributed by atoms with Crippen LogP contribution in [0.1, 0.15) is 29.6 Å². The number of anilines is 1. The van der Waals surface area contributed by atoms with Gasteiger partial charge >= 0.3 is 5.97 Å². The van der Waals surface area contributed by atoms with E-state index in [0.29, 0.717) is 16.6 Å². The molecule has 0 aliphatic heterocycles. The average molecular weight is 240 g/mol. The molecule has 0 bridgehead atoms. The molecule has 1 aliphatic carbocycles. The van der Waals surface area contributed by atoms with Crippen LogP contribution in [-0.2, 0) is 4.74 Å². The monoisotopic (exact) mass is 239 g/mol. The average Bonchev–Trinajstić information content (AvgIpc) is 2.22. The Morgan fingerprint density at radius 3 is 2.81 bits per heavy atom. The van der Waals surface area contributed by atoms with Crippen molar-refractivity contribution < 1.29 is 9.53 Å². The van der Waals surface area contributed by atoms with Gasteiger partial charge in [0.1, 0.15) is 0 Å². The topological polar surface area (TPSA) is 38.3 Å². The minimum Gasteiger partial charge on any atom is -0.465 e. The van der Waals surface area contributed by atoms with Gasteiger partial charge in [0.05, 0.1) is 18.4 Å². The van der Waals surface area contributed by atoms with Crippen LogP contribution in [0, 0.1) is 0 Å². The molecule has 1 saturated carbocycles. The summed E-state index contributed by atoms with van der Waals surface area (Å²) in [5, 5.41) is 3.94. The Kier molecular flexibility index (Phi) is 3.34. The molecule has 0 amide bonds. The molecule has 0 saturated heterocycles. The molecule has 86 valence electrons. The van der Waals surface area contributed by atoms with E-state index in [0.717, 1.165) is 18.5 Å². The highest BCUT2D eigenvalue weighted by molar-refractivity contribution is 6.31. The summed E-state index contributed by atoms with van der Waals surface area (Å²) in [7, 11) is 1.38. The summed E-state index contributed by atoms with van der Waals surface area (Å²) in [5.74, 6) is -0.335. The quantitative estimate of drug-likeness (QED) is 0.824. The van der Waals surface area contributed by atoms with Gasteiger partial charge in [-0.05, 0) is 37.5 Å². The number of methoxy groups -OCH3 is 1. The first-order valence-electron chi connectivity index (χ1n) is 5.35. The van der Waals surface area contributed by atoms with Crippen LogP contribution in [0.2, 0.25) is 5.02 Å². The van der Waals surface area contributed by atoms with Crippen molar-refractivity contribution >= 4 is 23.3 Å². The number of carbonyl (C=O) groups is 1. The van der Waals surface area contributed by atoms with Gasteiger partial charge in [-0.1, -0.05) is 11.6 Å². The summed E-state index contributed by atoms with van der Waals surface area (Å²) >= 11 is 5.92. The maximum Gasteiger partial charge on any atom is 0.339 e. The SMILES string of the molecule is COC(=O)c1ccc(Cl)cc1NC1CCC1. The fourth-order valence-corrected chi connectivity index (χ4v) is 1.87. The number of ether oxygens (including phenoxy) is 1. The zero-order valence-electron chi connectivity index (χ0n) is 9.13. The van der Waals surface area contributed by atoms with Crippen molar-refractivity contribution in [2.45, 2.75) is 25.3 Å². The summed E-state index contributed by atoms with van der Waals surface area (Å²) in [6, 6.07) is 5.61. The van der Waals surface area contributed by atoms with Crippen molar-refractivity contribution in [3.05, 3.63) is 28.8 Å². The van der Waals surface area contributed by atoms with Crippen molar-refractivity contribution in [1.29, 1.82) is 0 Å². The lowest BCUT2D eigenvalue weighted by molar-refractivity contribution is 0.0602. The van der Waals surface area contributed by atoms with Gasteiger partial charge in [-0.2, -0.15) is 0 Å². The van der Waals surface area contributed by atoms with Crippen LogP contribution in [0.25, 0.3) is 0 Å². The highest BCUT2D eigenvalue weighted by atomic mass is 35.5. The Hall–Kier alpha value is -1.22. The van der Waals surface area contributed by atoms with Gasteiger partial charge in [0.15, 0.2) is 0 Å². The van der Waals surface area contributed by atoms with E-state index in [1.165, 1.54) is 13.5 Å². The van der Waals surface area contributed by atoms with Crippen LogP contribution in [0.15, 0.2) is 18.2 Å². The van der Waals surface area contributed by atoms with Crippen molar-refractivity contribution in [3.63, 3.8) is 0 Å². The van der Waals surface area contributed by atoms with Gasteiger partial charge in [-0.25, -0.2) is 4.79 Å². The lowest BCUT2D eigenvalue weighted by Crippen LogP contribution is -2.28. The molecule has 0 spiro atoms. The number of benzene rings is 1. The van der Waals surface area contributed by atoms with Crippen LogP contribution >= 0.6 is 11.6 Å². The van der Waals surface area contributed by atoms with E-state index in [2.05, 4.69) is 5.32 Å². The van der Waals surface area contributed by atoms with E-state index in [-0.39, 0.29) is 5.97 Å². The van der Waals surface area contributed by atoms with E-state index in [1.54, 1.807) is 18.2 Å². The Labute approximate surface area is 99.7 Å². The number of nitrogens with one attached hydrogen (secondary N) is 1. The summed E-state index contributed by atoms with van der Waals surface area (Å²) in [6.07, 6.45) is 3.53. The summed E-state index contributed by atoms with van der Waals surface area (Å²) in [6.45, 7) is 0. The number of rotatable bonds is 3. The minimum absolute atomic E-state index is 0.335. The summed E-state index contributed by atoms with van der Waals surface area (Å²) in [4.78, 5) is 11.5. The highest BCUT2D eigenvalue weighted by Gasteiger charge is 2.20. The molecule has 1 aliphatic rings. The summed E-state index contributed by atoms with van der Waals surface area (Å²) in [5.41, 5.74) is 1.31. The van der Waals surface area contributed by atoms with Crippen LogP contribution in [-0.4, -0.2) is 19.1 Å². The first-order chi connectivity index (χ1) is 7.70. The van der Waals surface area contributed by atoms with Crippen molar-refractivity contribution in [3.8, 4) is 0 Å². The Morgan fingerprint density at radius 1 is 1.50 bits per heavy atom. The Morgan fingerprint density at radius 2 is 2.25 bits per heavy atom. The molecule has 1 aromatic rings. The number of hydrogen-bond donors (Lipinski definition) is 1. The predicted octanol–water partition coefficient (Wildman–Crippen LogP) is 3.09. The third-order valence-corrected chi connectivity index (χ3v) is 3.09. The molecule has 16 heavy (non-hydrogen) atoms. The number of hydrogen-bond acceptors (Lipinski definition) is 3. The highest BCUT2D eigenvalue weighted by Crippen LogP contribution is 2.27. The van der Waals surface area contributed by atoms with Gasteiger partial charge in [-0.3, -0.25) is 0 Å². The van der Waals surface area contributed by atoms with Crippen molar-refractivity contribution in [2.24, 2.45) is 0 Å². The second-order valence-electron chi connectivity index (χ2n) is 3.95. The van der Waals surface area contributed by atoms with Gasteiger partial charge in [0.2, 0.25) is 0 Å². The Bertz CT molecular complexity index is 402. The van der Waals surface area contributed by atoms with Crippen molar-refractivity contribution in [1.82, 2.24) is 0 Å². The molecule has 0 unspecified atom stereocenters. The zero-order chi connectivity index (χ0) is 11.5. The standard InChI is InChI=1S/C12H14ClNO2/c1-16-12(15)10-6-5-8(13)7-11(10)14-9-3-2-4-9/h5-7,9,14H,2-4H2,1H3. The fourth-order valence-electron chi connectivity index (χ4n) is 1.70. The van der Waals surface area contributed by atoms with Gasteiger partial charge < -0.3 is 10.1 Å². The zero-order valence-corrected chi connectivity index (χ0v) is 9.88. The second-order valence-corrected chi connectivity index (χ2v) is 4.39. The lowest BCUT2D eigenvalue weighted by Gasteiger charge is -2.28. The number of halogens is 1. The van der Waals surface area contributed by atoms with E-state index < -0.39 is 0 Å². The normalized spacial score (nSPS) is 15.4. The summed E-state index contributed by atoms with van der Waals surface area (Å²) < 4.78 is 4.73. The largest absolute Gasteiger partial charge is 0.465 e. The van der Waals surface area contributed by atoms with E-state index in [1.807, 2.05) is 0 Å². The molecule has 1 N–H and O–H groups in total. The maximum absolute atomic E-state index is 11.5. The van der Waals surface area contributed by atoms with Gasteiger partial charge in [-0.15, -0.1) is 0 Å². The predicted molar refractivity (Wildman–Crippen MR) is 64.1 cm³/mol. The minimum atomic E-state index is -0.335.